The normalized spacial score (nSPS) is 10.1. The molecular formula is C15H11BrF2N2O2S. The van der Waals surface area contributed by atoms with Crippen molar-refractivity contribution in [2.24, 2.45) is 0 Å². The first-order valence-electron chi connectivity index (χ1n) is 6.31. The molecule has 2 N–H and O–H groups in total. The fraction of sp³-hybridized carbons (Fsp3) is 0.0667. The van der Waals surface area contributed by atoms with Gasteiger partial charge >= 0.3 is 0 Å². The lowest BCUT2D eigenvalue weighted by Gasteiger charge is -2.11. The van der Waals surface area contributed by atoms with Gasteiger partial charge in [0.2, 0.25) is 0 Å². The van der Waals surface area contributed by atoms with Crippen molar-refractivity contribution in [2.75, 3.05) is 12.4 Å². The van der Waals surface area contributed by atoms with Crippen molar-refractivity contribution in [2.45, 2.75) is 0 Å². The zero-order valence-corrected chi connectivity index (χ0v) is 14.2. The summed E-state index contributed by atoms with van der Waals surface area (Å²) in [6.45, 7) is 0. The van der Waals surface area contributed by atoms with Crippen LogP contribution in [-0.2, 0) is 0 Å². The molecule has 4 nitrogen and oxygen atoms in total. The van der Waals surface area contributed by atoms with Gasteiger partial charge in [0.25, 0.3) is 5.91 Å². The topological polar surface area (TPSA) is 50.4 Å². The van der Waals surface area contributed by atoms with E-state index in [0.29, 0.717) is 21.9 Å². The second-order valence-corrected chi connectivity index (χ2v) is 5.64. The van der Waals surface area contributed by atoms with Crippen molar-refractivity contribution in [1.82, 2.24) is 5.32 Å². The van der Waals surface area contributed by atoms with Crippen LogP contribution in [0.5, 0.6) is 5.75 Å². The van der Waals surface area contributed by atoms with Crippen LogP contribution in [0.4, 0.5) is 14.5 Å². The fourth-order valence-electron chi connectivity index (χ4n) is 1.73. The molecule has 0 aliphatic carbocycles. The standard InChI is InChI=1S/C15H11BrF2N2O2S/c1-22-13-5-2-8(6-10(13)16)14(21)20-15(23)19-12-4-3-9(17)7-11(12)18/h2-7H,1H3,(H2,19,20,21,23). The van der Waals surface area contributed by atoms with Crippen LogP contribution in [0.1, 0.15) is 10.4 Å². The summed E-state index contributed by atoms with van der Waals surface area (Å²) in [6.07, 6.45) is 0. The maximum Gasteiger partial charge on any atom is 0.257 e. The smallest absolute Gasteiger partial charge is 0.257 e. The van der Waals surface area contributed by atoms with Gasteiger partial charge in [-0.15, -0.1) is 0 Å². The van der Waals surface area contributed by atoms with E-state index in [2.05, 4.69) is 26.6 Å². The summed E-state index contributed by atoms with van der Waals surface area (Å²) in [5.74, 6) is -1.41. The van der Waals surface area contributed by atoms with E-state index in [4.69, 9.17) is 17.0 Å². The van der Waals surface area contributed by atoms with Gasteiger partial charge in [0.15, 0.2) is 5.11 Å². The molecule has 0 spiro atoms. The maximum absolute atomic E-state index is 13.5. The van der Waals surface area contributed by atoms with Gasteiger partial charge in [0.1, 0.15) is 17.4 Å². The second-order valence-electron chi connectivity index (χ2n) is 4.38. The fourth-order valence-corrected chi connectivity index (χ4v) is 2.47. The summed E-state index contributed by atoms with van der Waals surface area (Å²) >= 11 is 8.22. The van der Waals surface area contributed by atoms with Gasteiger partial charge in [-0.3, -0.25) is 10.1 Å². The van der Waals surface area contributed by atoms with Crippen molar-refractivity contribution < 1.29 is 18.3 Å². The second kappa shape index (κ2) is 7.47. The number of methoxy groups -OCH3 is 1. The van der Waals surface area contributed by atoms with Crippen molar-refractivity contribution in [1.29, 1.82) is 0 Å². The van der Waals surface area contributed by atoms with Crippen LogP contribution in [0.25, 0.3) is 0 Å². The van der Waals surface area contributed by atoms with Crippen LogP contribution in [0.3, 0.4) is 0 Å². The van der Waals surface area contributed by atoms with E-state index in [1.807, 2.05) is 0 Å². The van der Waals surface area contributed by atoms with Crippen molar-refractivity contribution in [3.05, 3.63) is 58.1 Å². The molecule has 0 unspecified atom stereocenters. The Morgan fingerprint density at radius 3 is 2.57 bits per heavy atom. The predicted molar refractivity (Wildman–Crippen MR) is 90.7 cm³/mol. The van der Waals surface area contributed by atoms with Crippen molar-refractivity contribution >= 4 is 44.9 Å². The molecule has 23 heavy (non-hydrogen) atoms. The van der Waals surface area contributed by atoms with Crippen molar-refractivity contribution in [3.63, 3.8) is 0 Å². The Bertz CT molecular complexity index is 771. The summed E-state index contributed by atoms with van der Waals surface area (Å²) < 4.78 is 32.0. The number of thiocarbonyl (C=S) groups is 1. The number of nitrogens with one attached hydrogen (secondary N) is 2. The SMILES string of the molecule is COc1ccc(C(=O)NC(=S)Nc2ccc(F)cc2F)cc1Br. The molecule has 1 amide bonds. The molecule has 0 radical (unpaired) electrons. The van der Waals surface area contributed by atoms with Gasteiger partial charge in [-0.25, -0.2) is 8.78 Å². The zero-order chi connectivity index (χ0) is 17.0. The first kappa shape index (κ1) is 17.3. The van der Waals surface area contributed by atoms with Crippen LogP contribution in [0.2, 0.25) is 0 Å². The Morgan fingerprint density at radius 2 is 1.96 bits per heavy atom. The van der Waals surface area contributed by atoms with E-state index in [9.17, 15) is 13.6 Å². The third-order valence-electron chi connectivity index (χ3n) is 2.82. The molecule has 0 saturated carbocycles. The third kappa shape index (κ3) is 4.46. The first-order chi connectivity index (χ1) is 10.9. The Morgan fingerprint density at radius 1 is 1.22 bits per heavy atom. The minimum Gasteiger partial charge on any atom is -0.496 e. The molecule has 2 aromatic carbocycles. The van der Waals surface area contributed by atoms with Gasteiger partial charge in [0.05, 0.1) is 17.3 Å². The molecule has 0 aromatic heterocycles. The van der Waals surface area contributed by atoms with Crippen LogP contribution < -0.4 is 15.4 Å². The number of halogens is 3. The van der Waals surface area contributed by atoms with Crippen molar-refractivity contribution in [3.8, 4) is 5.75 Å². The van der Waals surface area contributed by atoms with E-state index in [1.54, 1.807) is 18.2 Å². The van der Waals surface area contributed by atoms with Gasteiger partial charge in [0, 0.05) is 11.6 Å². The summed E-state index contributed by atoms with van der Waals surface area (Å²) in [4.78, 5) is 12.1. The van der Waals surface area contributed by atoms with Crippen LogP contribution in [-0.4, -0.2) is 18.1 Å². The van der Waals surface area contributed by atoms with E-state index in [0.717, 1.165) is 6.07 Å². The molecule has 0 aliphatic heterocycles. The molecule has 120 valence electrons. The van der Waals surface area contributed by atoms with Gasteiger partial charge < -0.3 is 10.1 Å². The molecule has 0 atom stereocenters. The quantitative estimate of drug-likeness (QED) is 0.767. The molecule has 2 rings (SSSR count). The van der Waals surface area contributed by atoms with Crippen LogP contribution in [0, 0.1) is 11.6 Å². The molecule has 8 heteroatoms. The number of benzene rings is 2. The predicted octanol–water partition coefficient (Wildman–Crippen LogP) is 3.86. The Labute approximate surface area is 145 Å². The Balaban J connectivity index is 2.05. The Kier molecular flexibility index (Phi) is 5.62. The highest BCUT2D eigenvalue weighted by Crippen LogP contribution is 2.25. The average Bonchev–Trinajstić information content (AvgIpc) is 2.50. The highest BCUT2D eigenvalue weighted by Gasteiger charge is 2.12. The zero-order valence-electron chi connectivity index (χ0n) is 11.8. The lowest BCUT2D eigenvalue weighted by molar-refractivity contribution is 0.0977. The summed E-state index contributed by atoms with van der Waals surface area (Å²) in [6, 6.07) is 7.72. The Hall–Kier alpha value is -2.06. The lowest BCUT2D eigenvalue weighted by Crippen LogP contribution is -2.34. The van der Waals surface area contributed by atoms with Crippen LogP contribution in [0.15, 0.2) is 40.9 Å². The number of anilines is 1. The number of ether oxygens (including phenoxy) is 1. The summed E-state index contributed by atoms with van der Waals surface area (Å²) in [7, 11) is 1.51. The lowest BCUT2D eigenvalue weighted by atomic mass is 10.2. The number of rotatable bonds is 3. The summed E-state index contributed by atoms with van der Waals surface area (Å²) in [5, 5.41) is 4.80. The van der Waals surface area contributed by atoms with Crippen LogP contribution >= 0.6 is 28.1 Å². The average molecular weight is 401 g/mol. The molecule has 0 aliphatic rings. The number of carbonyl (C=O) groups is 1. The third-order valence-corrected chi connectivity index (χ3v) is 3.64. The monoisotopic (exact) mass is 400 g/mol. The van der Waals surface area contributed by atoms with E-state index in [-0.39, 0.29) is 10.8 Å². The molecule has 0 heterocycles. The van der Waals surface area contributed by atoms with E-state index in [1.165, 1.54) is 13.2 Å². The minimum absolute atomic E-state index is 0.0346. The number of carbonyl (C=O) groups excluding carboxylic acids is 1. The minimum atomic E-state index is -0.811. The molecular weight excluding hydrogens is 390 g/mol. The number of hydrogen-bond donors (Lipinski definition) is 2. The summed E-state index contributed by atoms with van der Waals surface area (Å²) in [5.41, 5.74) is 0.300. The first-order valence-corrected chi connectivity index (χ1v) is 7.51. The highest BCUT2D eigenvalue weighted by atomic mass is 79.9. The molecule has 0 saturated heterocycles. The largest absolute Gasteiger partial charge is 0.496 e. The van der Waals surface area contributed by atoms with Gasteiger partial charge in [-0.2, -0.15) is 0 Å². The molecule has 0 fully saturated rings. The van der Waals surface area contributed by atoms with E-state index < -0.39 is 17.5 Å². The molecule has 2 aromatic rings. The van der Waals surface area contributed by atoms with Gasteiger partial charge in [-0.05, 0) is 58.5 Å². The number of hydrogen-bond acceptors (Lipinski definition) is 3. The molecule has 0 bridgehead atoms. The highest BCUT2D eigenvalue weighted by molar-refractivity contribution is 9.10. The van der Waals surface area contributed by atoms with Gasteiger partial charge in [-0.1, -0.05) is 0 Å². The number of amides is 1. The maximum atomic E-state index is 13.5. The van der Waals surface area contributed by atoms with E-state index >= 15 is 0 Å².